The molecule has 0 bridgehead atoms. The molecule has 1 spiro atoms. The lowest BCUT2D eigenvalue weighted by Gasteiger charge is -2.43. The molecule has 0 amide bonds. The van der Waals surface area contributed by atoms with Gasteiger partial charge in [-0.25, -0.2) is 0 Å². The summed E-state index contributed by atoms with van der Waals surface area (Å²) < 4.78 is 12.2. The average molecular weight is 337 g/mol. The number of fused-ring (bicyclic) bond motifs is 2. The van der Waals surface area contributed by atoms with Crippen molar-refractivity contribution in [3.63, 3.8) is 0 Å². The Morgan fingerprint density at radius 3 is 2.52 bits per heavy atom. The summed E-state index contributed by atoms with van der Waals surface area (Å²) in [5.41, 5.74) is 4.00. The molecule has 0 aromatic heterocycles. The third kappa shape index (κ3) is 3.50. The number of ether oxygens (including phenoxy) is 2. The van der Waals surface area contributed by atoms with Gasteiger partial charge in [0.05, 0.1) is 5.60 Å². The van der Waals surface area contributed by atoms with E-state index < -0.39 is 0 Å². The summed E-state index contributed by atoms with van der Waals surface area (Å²) in [7, 11) is 1.76. The normalized spacial score (nSPS) is 23.2. The van der Waals surface area contributed by atoms with Gasteiger partial charge in [0.15, 0.2) is 6.29 Å². The second-order valence-corrected chi connectivity index (χ2v) is 7.23. The van der Waals surface area contributed by atoms with Crippen molar-refractivity contribution in [3.05, 3.63) is 71.3 Å². The van der Waals surface area contributed by atoms with E-state index in [1.165, 1.54) is 16.7 Å². The monoisotopic (exact) mass is 337 g/mol. The number of benzene rings is 2. The van der Waals surface area contributed by atoms with Crippen molar-refractivity contribution in [2.75, 3.05) is 20.2 Å². The lowest BCUT2D eigenvalue weighted by Crippen LogP contribution is -2.45. The Kier molecular flexibility index (Phi) is 4.89. The molecule has 25 heavy (non-hydrogen) atoms. The summed E-state index contributed by atoms with van der Waals surface area (Å²) >= 11 is 0. The highest BCUT2D eigenvalue weighted by molar-refractivity contribution is 5.34. The number of nitrogens with zero attached hydrogens (tertiary/aromatic N) is 1. The van der Waals surface area contributed by atoms with Gasteiger partial charge in [-0.05, 0) is 36.0 Å². The zero-order valence-electron chi connectivity index (χ0n) is 15.0. The van der Waals surface area contributed by atoms with Crippen LogP contribution in [-0.4, -0.2) is 31.4 Å². The Labute approximate surface area is 150 Å². The van der Waals surface area contributed by atoms with Gasteiger partial charge in [-0.2, -0.15) is 0 Å². The topological polar surface area (TPSA) is 21.7 Å². The maximum absolute atomic E-state index is 6.57. The van der Waals surface area contributed by atoms with Gasteiger partial charge in [-0.3, -0.25) is 4.90 Å². The first-order valence-corrected chi connectivity index (χ1v) is 9.34. The van der Waals surface area contributed by atoms with Crippen LogP contribution in [0.1, 0.15) is 36.0 Å². The molecule has 3 heteroatoms. The fraction of sp³-hybridized carbons (Fsp3) is 0.455. The molecule has 1 fully saturated rings. The zero-order valence-corrected chi connectivity index (χ0v) is 15.0. The number of hydrogen-bond acceptors (Lipinski definition) is 3. The van der Waals surface area contributed by atoms with Gasteiger partial charge in [0.25, 0.3) is 0 Å². The molecule has 0 N–H and O–H groups in total. The molecule has 132 valence electrons. The van der Waals surface area contributed by atoms with Crippen LogP contribution in [0.4, 0.5) is 0 Å². The smallest absolute Gasteiger partial charge is 0.158 e. The fourth-order valence-corrected chi connectivity index (χ4v) is 4.30. The van der Waals surface area contributed by atoms with E-state index in [9.17, 15) is 0 Å². The Bertz CT molecular complexity index is 692. The van der Waals surface area contributed by atoms with Crippen molar-refractivity contribution in [1.29, 1.82) is 0 Å². The quantitative estimate of drug-likeness (QED) is 0.841. The number of rotatable bonds is 3. The van der Waals surface area contributed by atoms with E-state index in [1.807, 2.05) is 0 Å². The van der Waals surface area contributed by atoms with Crippen LogP contribution in [0.15, 0.2) is 54.6 Å². The fourth-order valence-electron chi connectivity index (χ4n) is 4.30. The third-order valence-corrected chi connectivity index (χ3v) is 5.69. The Balaban J connectivity index is 1.53. The third-order valence-electron chi connectivity index (χ3n) is 5.69. The van der Waals surface area contributed by atoms with Gasteiger partial charge in [-0.1, -0.05) is 54.6 Å². The minimum Gasteiger partial charge on any atom is -0.356 e. The average Bonchev–Trinajstić information content (AvgIpc) is 2.82. The van der Waals surface area contributed by atoms with Gasteiger partial charge >= 0.3 is 0 Å². The number of piperidine rings is 1. The molecule has 0 unspecified atom stereocenters. The van der Waals surface area contributed by atoms with E-state index in [0.717, 1.165) is 45.3 Å². The Morgan fingerprint density at radius 1 is 1.04 bits per heavy atom. The lowest BCUT2D eigenvalue weighted by atomic mass is 9.81. The minimum atomic E-state index is -0.193. The zero-order chi connectivity index (χ0) is 17.1. The highest BCUT2D eigenvalue weighted by Gasteiger charge is 2.42. The highest BCUT2D eigenvalue weighted by Crippen LogP contribution is 2.42. The largest absolute Gasteiger partial charge is 0.356 e. The maximum Gasteiger partial charge on any atom is 0.158 e. The van der Waals surface area contributed by atoms with Crippen molar-refractivity contribution in [2.45, 2.75) is 44.1 Å². The van der Waals surface area contributed by atoms with E-state index in [0.29, 0.717) is 0 Å². The molecule has 3 nitrogen and oxygen atoms in total. The molecule has 1 saturated heterocycles. The molecule has 0 saturated carbocycles. The van der Waals surface area contributed by atoms with E-state index in [1.54, 1.807) is 7.11 Å². The van der Waals surface area contributed by atoms with Crippen molar-refractivity contribution in [1.82, 2.24) is 4.90 Å². The van der Waals surface area contributed by atoms with Gasteiger partial charge in [0, 0.05) is 33.2 Å². The maximum atomic E-state index is 6.57. The van der Waals surface area contributed by atoms with E-state index >= 15 is 0 Å². The summed E-state index contributed by atoms with van der Waals surface area (Å²) in [6.45, 7) is 3.13. The molecule has 0 radical (unpaired) electrons. The van der Waals surface area contributed by atoms with Crippen molar-refractivity contribution in [3.8, 4) is 0 Å². The first-order valence-electron chi connectivity index (χ1n) is 9.34. The van der Waals surface area contributed by atoms with Crippen LogP contribution in [0.2, 0.25) is 0 Å². The SMILES string of the molecule is CO[C@H]1CCc2ccccc2C2(CCN(Cc3ccccc3)CC2)O1. The van der Waals surface area contributed by atoms with Crippen LogP contribution in [0.5, 0.6) is 0 Å². The van der Waals surface area contributed by atoms with Crippen LogP contribution in [-0.2, 0) is 28.0 Å². The van der Waals surface area contributed by atoms with E-state index in [2.05, 4.69) is 59.5 Å². The lowest BCUT2D eigenvalue weighted by molar-refractivity contribution is -0.217. The summed E-state index contributed by atoms with van der Waals surface area (Å²) in [4.78, 5) is 2.54. The molecule has 2 aromatic carbocycles. The second-order valence-electron chi connectivity index (χ2n) is 7.23. The molecule has 2 aromatic rings. The first kappa shape index (κ1) is 16.8. The van der Waals surface area contributed by atoms with Gasteiger partial charge in [-0.15, -0.1) is 0 Å². The number of hydrogen-bond donors (Lipinski definition) is 0. The Hall–Kier alpha value is -1.68. The van der Waals surface area contributed by atoms with E-state index in [4.69, 9.17) is 9.47 Å². The first-order chi connectivity index (χ1) is 12.3. The summed E-state index contributed by atoms with van der Waals surface area (Å²) in [6.07, 6.45) is 3.91. The second kappa shape index (κ2) is 7.28. The summed E-state index contributed by atoms with van der Waals surface area (Å²) in [5.74, 6) is 0. The van der Waals surface area contributed by atoms with Crippen molar-refractivity contribution < 1.29 is 9.47 Å². The molecular formula is C22H27NO2. The van der Waals surface area contributed by atoms with Crippen LogP contribution in [0.3, 0.4) is 0 Å². The molecule has 2 aliphatic heterocycles. The van der Waals surface area contributed by atoms with Crippen LogP contribution < -0.4 is 0 Å². The van der Waals surface area contributed by atoms with Crippen molar-refractivity contribution >= 4 is 0 Å². The molecule has 2 aliphatic rings. The predicted octanol–water partition coefficient (Wildman–Crippen LogP) is 4.11. The van der Waals surface area contributed by atoms with Crippen LogP contribution >= 0.6 is 0 Å². The standard InChI is InChI=1S/C22H27NO2/c1-24-21-12-11-19-9-5-6-10-20(19)22(25-21)13-15-23(16-14-22)17-18-7-3-2-4-8-18/h2-10,21H,11-17H2,1H3/t21-/m1/s1. The van der Waals surface area contributed by atoms with Crippen LogP contribution in [0.25, 0.3) is 0 Å². The molecule has 2 heterocycles. The summed E-state index contributed by atoms with van der Waals surface area (Å²) in [5, 5.41) is 0. The molecule has 4 rings (SSSR count). The van der Waals surface area contributed by atoms with Gasteiger partial charge in [0.1, 0.15) is 0 Å². The Morgan fingerprint density at radius 2 is 1.76 bits per heavy atom. The van der Waals surface area contributed by atoms with Crippen molar-refractivity contribution in [2.24, 2.45) is 0 Å². The number of aryl methyl sites for hydroxylation is 1. The van der Waals surface area contributed by atoms with Gasteiger partial charge in [0.2, 0.25) is 0 Å². The number of likely N-dealkylation sites (tertiary alicyclic amines) is 1. The van der Waals surface area contributed by atoms with Gasteiger partial charge < -0.3 is 9.47 Å². The molecule has 0 aliphatic carbocycles. The molecule has 1 atom stereocenters. The highest BCUT2D eigenvalue weighted by atomic mass is 16.7. The number of methoxy groups -OCH3 is 1. The molecular weight excluding hydrogens is 310 g/mol. The minimum absolute atomic E-state index is 0.104. The summed E-state index contributed by atoms with van der Waals surface area (Å²) in [6, 6.07) is 19.6. The van der Waals surface area contributed by atoms with E-state index in [-0.39, 0.29) is 11.9 Å². The predicted molar refractivity (Wildman–Crippen MR) is 99.3 cm³/mol. The van der Waals surface area contributed by atoms with Crippen LogP contribution in [0, 0.1) is 0 Å².